The number of aromatic nitrogens is 2. The maximum Gasteiger partial charge on any atom is 0.128 e. The van der Waals surface area contributed by atoms with E-state index < -0.39 is 0 Å². The maximum absolute atomic E-state index is 6.32. The molecule has 2 fully saturated rings. The third-order valence-corrected chi connectivity index (χ3v) is 7.59. The smallest absolute Gasteiger partial charge is 0.128 e. The van der Waals surface area contributed by atoms with Crippen LogP contribution in [0, 0.1) is 5.41 Å². The minimum absolute atomic E-state index is 0.185. The molecule has 0 aliphatic carbocycles. The van der Waals surface area contributed by atoms with Crippen molar-refractivity contribution in [3.05, 3.63) is 81.7 Å². The van der Waals surface area contributed by atoms with Crippen LogP contribution in [-0.4, -0.2) is 53.8 Å². The van der Waals surface area contributed by atoms with Crippen molar-refractivity contribution in [2.75, 3.05) is 43.6 Å². The fourth-order valence-corrected chi connectivity index (χ4v) is 6.02. The van der Waals surface area contributed by atoms with Gasteiger partial charge in [0.15, 0.2) is 0 Å². The molecule has 182 valence electrons. The Hall–Kier alpha value is -2.67. The lowest BCUT2D eigenvalue weighted by molar-refractivity contribution is -0.00279. The van der Waals surface area contributed by atoms with Gasteiger partial charge < -0.3 is 9.80 Å². The number of hydrogen-bond donors (Lipinski definition) is 1. The first-order valence-corrected chi connectivity index (χ1v) is 12.7. The van der Waals surface area contributed by atoms with Crippen molar-refractivity contribution >= 4 is 40.4 Å². The van der Waals surface area contributed by atoms with Gasteiger partial charge in [-0.05, 0) is 61.7 Å². The van der Waals surface area contributed by atoms with Crippen LogP contribution < -0.4 is 10.3 Å². The Labute approximate surface area is 217 Å². The Kier molecular flexibility index (Phi) is 6.71. The summed E-state index contributed by atoms with van der Waals surface area (Å²) in [6.07, 6.45) is 6.03. The highest BCUT2D eigenvalue weighted by Gasteiger charge is 2.50. The average molecular weight is 509 g/mol. The lowest BCUT2D eigenvalue weighted by Crippen LogP contribution is -2.71. The number of likely N-dealkylation sites (tertiary alicyclic amines) is 1. The van der Waals surface area contributed by atoms with Crippen LogP contribution in [0.25, 0.3) is 0 Å². The Morgan fingerprint density at radius 1 is 1.03 bits per heavy atom. The van der Waals surface area contributed by atoms with Crippen LogP contribution >= 0.6 is 23.2 Å². The molecule has 35 heavy (non-hydrogen) atoms. The molecule has 2 aliphatic heterocycles. The van der Waals surface area contributed by atoms with E-state index in [0.29, 0.717) is 15.5 Å². The molecule has 4 heterocycles. The number of hydrazone groups is 1. The van der Waals surface area contributed by atoms with Gasteiger partial charge in [0.2, 0.25) is 0 Å². The van der Waals surface area contributed by atoms with Gasteiger partial charge in [0.1, 0.15) is 5.82 Å². The number of nitrogens with one attached hydrogen (secondary N) is 1. The number of pyridine rings is 2. The van der Waals surface area contributed by atoms with E-state index in [9.17, 15) is 0 Å². The topological polar surface area (TPSA) is 56.7 Å². The van der Waals surface area contributed by atoms with Crippen molar-refractivity contribution < 1.29 is 0 Å². The predicted octanol–water partition coefficient (Wildman–Crippen LogP) is 5.72. The first-order chi connectivity index (χ1) is 16.8. The summed E-state index contributed by atoms with van der Waals surface area (Å²) in [5, 5.41) is 5.77. The summed E-state index contributed by atoms with van der Waals surface area (Å²) in [5.74, 6) is 1.23. The molecule has 0 unspecified atom stereocenters. The number of anilines is 2. The first-order valence-electron chi connectivity index (χ1n) is 11.9. The molecule has 3 aromatic rings. The second kappa shape index (κ2) is 9.76. The Morgan fingerprint density at radius 3 is 2.31 bits per heavy atom. The summed E-state index contributed by atoms with van der Waals surface area (Å²) < 4.78 is 0. The van der Waals surface area contributed by atoms with Crippen molar-refractivity contribution in [2.24, 2.45) is 10.5 Å². The fourth-order valence-electron chi connectivity index (χ4n) is 5.29. The Morgan fingerprint density at radius 2 is 1.71 bits per heavy atom. The van der Waals surface area contributed by atoms with Gasteiger partial charge in [0.25, 0.3) is 0 Å². The van der Waals surface area contributed by atoms with Crippen molar-refractivity contribution in [1.82, 2.24) is 14.9 Å². The first kappa shape index (κ1) is 24.0. The van der Waals surface area contributed by atoms with Crippen LogP contribution in [0.1, 0.15) is 36.5 Å². The van der Waals surface area contributed by atoms with E-state index in [-0.39, 0.29) is 5.92 Å². The average Bonchev–Trinajstić information content (AvgIpc) is 2.80. The zero-order chi connectivity index (χ0) is 24.6. The molecular weight excluding hydrogens is 479 g/mol. The summed E-state index contributed by atoms with van der Waals surface area (Å²) >= 11 is 12.6. The molecule has 0 bridgehead atoms. The number of benzene rings is 1. The van der Waals surface area contributed by atoms with E-state index >= 15 is 0 Å². The van der Waals surface area contributed by atoms with Crippen LogP contribution in [-0.2, 0) is 6.42 Å². The minimum Gasteiger partial charge on any atom is -0.355 e. The van der Waals surface area contributed by atoms with Crippen molar-refractivity contribution in [3.63, 3.8) is 0 Å². The van der Waals surface area contributed by atoms with Gasteiger partial charge in [0, 0.05) is 55.7 Å². The van der Waals surface area contributed by atoms with Gasteiger partial charge in [-0.3, -0.25) is 10.4 Å². The molecule has 1 N–H and O–H groups in total. The third-order valence-electron chi connectivity index (χ3n) is 6.98. The van der Waals surface area contributed by atoms with E-state index in [1.165, 1.54) is 18.7 Å². The molecule has 2 saturated heterocycles. The van der Waals surface area contributed by atoms with Crippen molar-refractivity contribution in [2.45, 2.75) is 26.2 Å². The van der Waals surface area contributed by atoms with E-state index in [1.54, 1.807) is 12.4 Å². The highest BCUT2D eigenvalue weighted by molar-refractivity contribution is 6.35. The molecule has 5 rings (SSSR count). The molecule has 6 nitrogen and oxygen atoms in total. The standard InChI is InChI=1S/C27H30Cl2N6/c1-18(26-23(28)12-30-13-24(26)29)10-20-4-7-22(8-5-20)33-32-19(2)21-6-9-25(31-11-21)35-16-27(17-35)14-34(3)15-27/h4-9,11-13,18,33H,10,14-17H2,1-3H3/b32-19+/t18-/m0/s1. The minimum atomic E-state index is 0.185. The quantitative estimate of drug-likeness (QED) is 0.326. The fraction of sp³-hybridized carbons (Fsp3) is 0.370. The van der Waals surface area contributed by atoms with E-state index in [4.69, 9.17) is 23.2 Å². The molecule has 2 aromatic heterocycles. The van der Waals surface area contributed by atoms with Gasteiger partial charge in [-0.15, -0.1) is 0 Å². The number of halogens is 2. The van der Waals surface area contributed by atoms with Crippen molar-refractivity contribution in [3.8, 4) is 0 Å². The molecule has 1 aromatic carbocycles. The normalized spacial score (nSPS) is 18.2. The molecule has 2 aliphatic rings. The van der Waals surface area contributed by atoms with E-state index in [2.05, 4.69) is 68.5 Å². The number of hydrogen-bond acceptors (Lipinski definition) is 6. The lowest BCUT2D eigenvalue weighted by atomic mass is 9.73. The van der Waals surface area contributed by atoms with E-state index in [0.717, 1.165) is 47.9 Å². The molecule has 8 heteroatoms. The SMILES string of the molecule is C/C(=N\Nc1ccc(C[C@H](C)c2c(Cl)cncc2Cl)cc1)c1ccc(N2CC3(CN(C)C3)C2)nc1. The van der Waals surface area contributed by atoms with Gasteiger partial charge in [-0.1, -0.05) is 42.3 Å². The van der Waals surface area contributed by atoms with Crippen LogP contribution in [0.2, 0.25) is 10.0 Å². The van der Waals surface area contributed by atoms with Gasteiger partial charge in [0.05, 0.1) is 21.4 Å². The highest BCUT2D eigenvalue weighted by Crippen LogP contribution is 2.40. The van der Waals surface area contributed by atoms with Crippen LogP contribution in [0.3, 0.4) is 0 Å². The van der Waals surface area contributed by atoms with Crippen LogP contribution in [0.5, 0.6) is 0 Å². The number of nitrogens with zero attached hydrogens (tertiary/aromatic N) is 5. The van der Waals surface area contributed by atoms with Crippen LogP contribution in [0.4, 0.5) is 11.5 Å². The second-order valence-corrected chi connectivity index (χ2v) is 10.9. The van der Waals surface area contributed by atoms with Crippen molar-refractivity contribution in [1.29, 1.82) is 0 Å². The van der Waals surface area contributed by atoms with Gasteiger partial charge in [-0.2, -0.15) is 5.10 Å². The summed E-state index contributed by atoms with van der Waals surface area (Å²) in [4.78, 5) is 13.5. The predicted molar refractivity (Wildman–Crippen MR) is 145 cm³/mol. The molecule has 0 amide bonds. The summed E-state index contributed by atoms with van der Waals surface area (Å²) in [7, 11) is 2.18. The van der Waals surface area contributed by atoms with Gasteiger partial charge in [-0.25, -0.2) is 4.98 Å². The summed E-state index contributed by atoms with van der Waals surface area (Å²) in [5.41, 5.74) is 8.64. The zero-order valence-corrected chi connectivity index (χ0v) is 21.8. The molecule has 0 saturated carbocycles. The molecular formula is C27H30Cl2N6. The monoisotopic (exact) mass is 508 g/mol. The Bertz CT molecular complexity index is 1190. The molecule has 0 radical (unpaired) electrons. The summed E-state index contributed by atoms with van der Waals surface area (Å²) in [6.45, 7) is 8.73. The van der Waals surface area contributed by atoms with E-state index in [1.807, 2.05) is 25.3 Å². The zero-order valence-electron chi connectivity index (χ0n) is 20.3. The highest BCUT2D eigenvalue weighted by atomic mass is 35.5. The molecule has 1 spiro atoms. The molecule has 1 atom stereocenters. The third kappa shape index (κ3) is 5.15. The largest absolute Gasteiger partial charge is 0.355 e. The Balaban J connectivity index is 1.15. The van der Waals surface area contributed by atoms with Gasteiger partial charge >= 0.3 is 0 Å². The number of rotatable bonds is 7. The second-order valence-electron chi connectivity index (χ2n) is 10.1. The lowest BCUT2D eigenvalue weighted by Gasteiger charge is -2.59. The van der Waals surface area contributed by atoms with Crippen LogP contribution in [0.15, 0.2) is 60.1 Å². The maximum atomic E-state index is 6.32. The summed E-state index contributed by atoms with van der Waals surface area (Å²) in [6, 6.07) is 12.5.